The molecule has 8 aromatic rings. The largest absolute Gasteiger partial charge is 0.308 e. The summed E-state index contributed by atoms with van der Waals surface area (Å²) in [6, 6.07) is 58.9. The number of para-hydroxylation sites is 1. The van der Waals surface area contributed by atoms with E-state index in [1.165, 1.54) is 66.3 Å². The van der Waals surface area contributed by atoms with Crippen LogP contribution >= 0.6 is 0 Å². The smallest absolute Gasteiger partial charge is 0.0782 e. The zero-order chi connectivity index (χ0) is 39.0. The molecule has 1 aromatic heterocycles. The van der Waals surface area contributed by atoms with Gasteiger partial charge in [-0.25, -0.2) is 0 Å². The fraction of sp³-hybridized carbons (Fsp3) is 0.222. The van der Waals surface area contributed by atoms with E-state index in [0.29, 0.717) is 0 Å². The van der Waals surface area contributed by atoms with Gasteiger partial charge in [0.05, 0.1) is 16.7 Å². The van der Waals surface area contributed by atoms with E-state index in [1.807, 2.05) is 0 Å². The first kappa shape index (κ1) is 35.8. The van der Waals surface area contributed by atoms with Gasteiger partial charge in [0.25, 0.3) is 0 Å². The van der Waals surface area contributed by atoms with Crippen molar-refractivity contribution < 1.29 is 0 Å². The molecule has 56 heavy (non-hydrogen) atoms. The molecule has 0 N–H and O–H groups in total. The van der Waals surface area contributed by atoms with E-state index < -0.39 is 0 Å². The average molecular weight is 729 g/mol. The van der Waals surface area contributed by atoms with E-state index in [1.54, 1.807) is 0 Å². The first-order valence-corrected chi connectivity index (χ1v) is 20.1. The summed E-state index contributed by atoms with van der Waals surface area (Å²) >= 11 is 0. The lowest BCUT2D eigenvalue weighted by Crippen LogP contribution is -2.17. The van der Waals surface area contributed by atoms with Crippen molar-refractivity contribution >= 4 is 38.9 Å². The van der Waals surface area contributed by atoms with Gasteiger partial charge in [-0.1, -0.05) is 152 Å². The molecule has 0 amide bonds. The predicted molar refractivity (Wildman–Crippen MR) is 240 cm³/mol. The molecule has 1 aliphatic carbocycles. The van der Waals surface area contributed by atoms with Crippen molar-refractivity contribution in [2.75, 3.05) is 4.90 Å². The molecule has 7 aromatic carbocycles. The molecule has 2 heteroatoms. The molecule has 1 aliphatic rings. The number of aryl methyl sites for hydroxylation is 1. The van der Waals surface area contributed by atoms with Gasteiger partial charge in [0.15, 0.2) is 0 Å². The number of aromatic nitrogens is 1. The number of benzene rings is 7. The average Bonchev–Trinajstić information content (AvgIpc) is 3.61. The second-order valence-corrected chi connectivity index (χ2v) is 18.3. The normalized spacial score (nSPS) is 14.6. The Labute approximate surface area is 333 Å². The summed E-state index contributed by atoms with van der Waals surface area (Å²) in [5, 5.41) is 2.50. The van der Waals surface area contributed by atoms with Crippen molar-refractivity contribution in [2.45, 2.75) is 78.1 Å². The summed E-state index contributed by atoms with van der Waals surface area (Å²) in [7, 11) is 0. The maximum absolute atomic E-state index is 2.50. The van der Waals surface area contributed by atoms with Gasteiger partial charge in [-0.2, -0.15) is 0 Å². The molecule has 0 aliphatic heterocycles. The van der Waals surface area contributed by atoms with Gasteiger partial charge >= 0.3 is 0 Å². The molecule has 0 saturated carbocycles. The van der Waals surface area contributed by atoms with E-state index in [2.05, 4.69) is 223 Å². The van der Waals surface area contributed by atoms with Crippen LogP contribution < -0.4 is 4.90 Å². The van der Waals surface area contributed by atoms with Gasteiger partial charge in [-0.15, -0.1) is 0 Å². The first-order valence-electron chi connectivity index (χ1n) is 20.1. The summed E-state index contributed by atoms with van der Waals surface area (Å²) in [5.74, 6) is 0. The minimum Gasteiger partial charge on any atom is -0.308 e. The standard InChI is InChI=1S/C54H52N2/c1-36-30-46-45-22-12-13-23-49(45)56(43-20-14-18-39(32-43)40-26-29-47-48(33-40)54(7,8)35-53(47,5)6)51(46)50(31-36)55(44-21-15-19-41(34-44)52(2,3)4)42-27-24-38(25-28-42)37-16-10-9-11-17-37/h9-34H,35H2,1-8H3. The topological polar surface area (TPSA) is 8.17 Å². The number of hydrogen-bond donors (Lipinski definition) is 0. The van der Waals surface area contributed by atoms with Crippen molar-refractivity contribution in [2.24, 2.45) is 0 Å². The van der Waals surface area contributed by atoms with Gasteiger partial charge < -0.3 is 9.47 Å². The van der Waals surface area contributed by atoms with Crippen LogP contribution in [-0.4, -0.2) is 4.57 Å². The second-order valence-electron chi connectivity index (χ2n) is 18.3. The Morgan fingerprint density at radius 1 is 0.518 bits per heavy atom. The van der Waals surface area contributed by atoms with Gasteiger partial charge in [0.1, 0.15) is 0 Å². The molecular formula is C54H52N2. The Kier molecular flexibility index (Phi) is 8.40. The summed E-state index contributed by atoms with van der Waals surface area (Å²) in [6.07, 6.45) is 1.16. The maximum Gasteiger partial charge on any atom is 0.0782 e. The van der Waals surface area contributed by atoms with Crippen molar-refractivity contribution in [1.82, 2.24) is 4.57 Å². The minimum absolute atomic E-state index is 0.00136. The molecule has 0 fully saturated rings. The molecule has 0 atom stereocenters. The number of nitrogens with zero attached hydrogens (tertiary/aromatic N) is 2. The molecule has 9 rings (SSSR count). The van der Waals surface area contributed by atoms with E-state index >= 15 is 0 Å². The third kappa shape index (κ3) is 6.13. The molecule has 2 nitrogen and oxygen atoms in total. The monoisotopic (exact) mass is 728 g/mol. The van der Waals surface area contributed by atoms with E-state index in [4.69, 9.17) is 0 Å². The van der Waals surface area contributed by atoms with Crippen LogP contribution in [0.3, 0.4) is 0 Å². The van der Waals surface area contributed by atoms with Crippen LogP contribution in [0.5, 0.6) is 0 Å². The zero-order valence-corrected chi connectivity index (χ0v) is 34.1. The highest BCUT2D eigenvalue weighted by molar-refractivity contribution is 6.14. The fourth-order valence-electron chi connectivity index (χ4n) is 9.62. The summed E-state index contributed by atoms with van der Waals surface area (Å²) in [6.45, 7) is 18.7. The Bertz CT molecular complexity index is 2750. The minimum atomic E-state index is -0.00136. The van der Waals surface area contributed by atoms with E-state index in [9.17, 15) is 0 Å². The predicted octanol–water partition coefficient (Wildman–Crippen LogP) is 15.2. The lowest BCUT2D eigenvalue weighted by atomic mass is 9.82. The van der Waals surface area contributed by atoms with Gasteiger partial charge in [0, 0.05) is 27.8 Å². The van der Waals surface area contributed by atoms with Gasteiger partial charge in [-0.05, 0) is 129 Å². The molecule has 278 valence electrons. The third-order valence-corrected chi connectivity index (χ3v) is 12.1. The van der Waals surface area contributed by atoms with Crippen molar-refractivity contribution in [3.63, 3.8) is 0 Å². The Hall–Kier alpha value is -5.86. The highest BCUT2D eigenvalue weighted by Gasteiger charge is 2.41. The SMILES string of the molecule is Cc1cc(N(c2ccc(-c3ccccc3)cc2)c2cccc(C(C)(C)C)c2)c2c(c1)c1ccccc1n2-c1cccc(-c2ccc3c(c2)C(C)(C)CC3(C)C)c1. The number of hydrogen-bond acceptors (Lipinski definition) is 1. The molecule has 0 spiro atoms. The lowest BCUT2D eigenvalue weighted by molar-refractivity contribution is 0.403. The maximum atomic E-state index is 2.50. The van der Waals surface area contributed by atoms with Gasteiger partial charge in [-0.3, -0.25) is 0 Å². The number of rotatable bonds is 6. The summed E-state index contributed by atoms with van der Waals surface area (Å²) in [5.41, 5.74) is 17.7. The molecular weight excluding hydrogens is 677 g/mol. The molecule has 1 heterocycles. The Balaban J connectivity index is 1.29. The van der Waals surface area contributed by atoms with Crippen molar-refractivity contribution in [3.8, 4) is 27.9 Å². The summed E-state index contributed by atoms with van der Waals surface area (Å²) < 4.78 is 2.50. The Morgan fingerprint density at radius 2 is 1.16 bits per heavy atom. The van der Waals surface area contributed by atoms with Crippen LogP contribution in [0.1, 0.15) is 77.1 Å². The Morgan fingerprint density at radius 3 is 1.93 bits per heavy atom. The van der Waals surface area contributed by atoms with E-state index in [-0.39, 0.29) is 16.2 Å². The summed E-state index contributed by atoms with van der Waals surface area (Å²) in [4.78, 5) is 2.48. The van der Waals surface area contributed by atoms with Crippen LogP contribution in [-0.2, 0) is 16.2 Å². The van der Waals surface area contributed by atoms with Gasteiger partial charge in [0.2, 0.25) is 0 Å². The van der Waals surface area contributed by atoms with Crippen molar-refractivity contribution in [1.29, 1.82) is 0 Å². The zero-order valence-electron chi connectivity index (χ0n) is 34.1. The molecule has 0 unspecified atom stereocenters. The molecule has 0 bridgehead atoms. The van der Waals surface area contributed by atoms with E-state index in [0.717, 1.165) is 29.2 Å². The molecule has 0 saturated heterocycles. The van der Waals surface area contributed by atoms with Crippen LogP contribution in [0.2, 0.25) is 0 Å². The van der Waals surface area contributed by atoms with Crippen LogP contribution in [0.25, 0.3) is 49.7 Å². The quantitative estimate of drug-likeness (QED) is 0.165. The highest BCUT2D eigenvalue weighted by atomic mass is 15.2. The van der Waals surface area contributed by atoms with Crippen LogP contribution in [0.15, 0.2) is 158 Å². The fourth-order valence-corrected chi connectivity index (χ4v) is 9.62. The van der Waals surface area contributed by atoms with Crippen molar-refractivity contribution in [3.05, 3.63) is 180 Å². The highest BCUT2D eigenvalue weighted by Crippen LogP contribution is 2.51. The first-order chi connectivity index (χ1) is 26.8. The number of fused-ring (bicyclic) bond motifs is 4. The molecule has 0 radical (unpaired) electrons. The number of anilines is 3. The lowest BCUT2D eigenvalue weighted by Gasteiger charge is -2.29. The van der Waals surface area contributed by atoms with Crippen LogP contribution in [0.4, 0.5) is 17.1 Å². The van der Waals surface area contributed by atoms with Crippen LogP contribution in [0, 0.1) is 6.92 Å². The second kappa shape index (κ2) is 13.1. The third-order valence-electron chi connectivity index (χ3n) is 12.1.